The van der Waals surface area contributed by atoms with Crippen LogP contribution in [0, 0.1) is 0 Å². The highest BCUT2D eigenvalue weighted by Crippen LogP contribution is 2.21. The molecule has 0 fully saturated rings. The molecule has 0 spiro atoms. The summed E-state index contributed by atoms with van der Waals surface area (Å²) in [7, 11) is 0. The quantitative estimate of drug-likeness (QED) is 0.374. The van der Waals surface area contributed by atoms with Crippen molar-refractivity contribution in [2.45, 2.75) is 19.3 Å². The van der Waals surface area contributed by atoms with Crippen molar-refractivity contribution in [2.24, 2.45) is 10.2 Å². The van der Waals surface area contributed by atoms with Crippen molar-refractivity contribution in [3.8, 4) is 5.75 Å². The van der Waals surface area contributed by atoms with E-state index in [1.165, 1.54) is 12.1 Å². The number of azo groups is 1. The van der Waals surface area contributed by atoms with Gasteiger partial charge in [0.25, 0.3) is 0 Å². The van der Waals surface area contributed by atoms with Crippen LogP contribution in [0.1, 0.15) is 29.6 Å². The Labute approximate surface area is 141 Å². The molecule has 1 N–H and O–H groups in total. The molecule has 2 aromatic rings. The summed E-state index contributed by atoms with van der Waals surface area (Å²) in [4.78, 5) is 10.8. The summed E-state index contributed by atoms with van der Waals surface area (Å²) in [6, 6.07) is 13.6. The number of nitrogens with zero attached hydrogens (tertiary/aromatic N) is 2. The number of carbonyl (C=O) groups is 1. The third kappa shape index (κ3) is 5.68. The number of rotatable bonds is 9. The summed E-state index contributed by atoms with van der Waals surface area (Å²) in [6.45, 7) is 4.38. The van der Waals surface area contributed by atoms with E-state index in [9.17, 15) is 4.79 Å². The van der Waals surface area contributed by atoms with E-state index in [0.717, 1.165) is 25.0 Å². The van der Waals surface area contributed by atoms with Gasteiger partial charge in [-0.15, -0.1) is 6.58 Å². The van der Waals surface area contributed by atoms with Gasteiger partial charge in [0.1, 0.15) is 5.75 Å². The molecule has 24 heavy (non-hydrogen) atoms. The largest absolute Gasteiger partial charge is 0.494 e. The highest BCUT2D eigenvalue weighted by atomic mass is 16.5. The minimum absolute atomic E-state index is 0.226. The molecule has 0 aliphatic heterocycles. The number of benzene rings is 2. The zero-order chi connectivity index (χ0) is 17.2. The summed E-state index contributed by atoms with van der Waals surface area (Å²) < 4.78 is 5.64. The van der Waals surface area contributed by atoms with Crippen LogP contribution in [0.4, 0.5) is 11.4 Å². The van der Waals surface area contributed by atoms with E-state index in [-0.39, 0.29) is 5.56 Å². The van der Waals surface area contributed by atoms with Crippen molar-refractivity contribution in [1.29, 1.82) is 0 Å². The van der Waals surface area contributed by atoms with Gasteiger partial charge in [-0.2, -0.15) is 10.2 Å². The highest BCUT2D eigenvalue weighted by Gasteiger charge is 2.01. The molecule has 124 valence electrons. The third-order valence-corrected chi connectivity index (χ3v) is 3.30. The van der Waals surface area contributed by atoms with Crippen molar-refractivity contribution < 1.29 is 14.6 Å². The Bertz CT molecular complexity index is 692. The maximum atomic E-state index is 10.8. The molecule has 0 saturated carbocycles. The Balaban J connectivity index is 1.86. The number of unbranched alkanes of at least 4 members (excludes halogenated alkanes) is 2. The van der Waals surface area contributed by atoms with Crippen LogP contribution in [0.25, 0.3) is 0 Å². The van der Waals surface area contributed by atoms with Crippen molar-refractivity contribution in [3.63, 3.8) is 0 Å². The van der Waals surface area contributed by atoms with E-state index in [1.807, 2.05) is 30.3 Å². The highest BCUT2D eigenvalue weighted by molar-refractivity contribution is 5.87. The Hall–Kier alpha value is -2.95. The van der Waals surface area contributed by atoms with Crippen LogP contribution in [-0.2, 0) is 0 Å². The van der Waals surface area contributed by atoms with Gasteiger partial charge >= 0.3 is 5.97 Å². The van der Waals surface area contributed by atoms with Crippen LogP contribution < -0.4 is 4.74 Å². The van der Waals surface area contributed by atoms with Crippen molar-refractivity contribution in [1.82, 2.24) is 0 Å². The SMILES string of the molecule is C=CCCCCOc1ccc(N=Nc2ccc(C(=O)O)cc2)cc1. The summed E-state index contributed by atoms with van der Waals surface area (Å²) in [5.41, 5.74) is 1.53. The van der Waals surface area contributed by atoms with E-state index in [2.05, 4.69) is 16.8 Å². The van der Waals surface area contributed by atoms with Gasteiger partial charge in [0.05, 0.1) is 23.5 Å². The van der Waals surface area contributed by atoms with Gasteiger partial charge in [-0.05, 0) is 67.8 Å². The van der Waals surface area contributed by atoms with Gasteiger partial charge in [0.2, 0.25) is 0 Å². The predicted octanol–water partition coefficient (Wildman–Crippen LogP) is 5.54. The summed E-state index contributed by atoms with van der Waals surface area (Å²) in [6.07, 6.45) is 5.00. The van der Waals surface area contributed by atoms with Crippen LogP contribution in [0.2, 0.25) is 0 Å². The average molecular weight is 324 g/mol. The zero-order valence-corrected chi connectivity index (χ0v) is 13.4. The Morgan fingerprint density at radius 1 is 1.00 bits per heavy atom. The lowest BCUT2D eigenvalue weighted by molar-refractivity contribution is 0.0697. The minimum Gasteiger partial charge on any atom is -0.494 e. The van der Waals surface area contributed by atoms with Gasteiger partial charge < -0.3 is 9.84 Å². The Morgan fingerprint density at radius 3 is 2.12 bits per heavy atom. The summed E-state index contributed by atoms with van der Waals surface area (Å²) in [5, 5.41) is 17.1. The molecule has 0 amide bonds. The van der Waals surface area contributed by atoms with E-state index in [0.29, 0.717) is 18.0 Å². The summed E-state index contributed by atoms with van der Waals surface area (Å²) in [5.74, 6) is -0.156. The van der Waals surface area contributed by atoms with Crippen LogP contribution in [0.15, 0.2) is 71.4 Å². The first-order chi connectivity index (χ1) is 11.7. The number of ether oxygens (including phenoxy) is 1. The van der Waals surface area contributed by atoms with Gasteiger partial charge in [-0.25, -0.2) is 4.79 Å². The van der Waals surface area contributed by atoms with Crippen LogP contribution in [0.5, 0.6) is 5.75 Å². The fourth-order valence-corrected chi connectivity index (χ4v) is 1.98. The second kappa shape index (κ2) is 9.25. The maximum Gasteiger partial charge on any atom is 0.335 e. The number of carboxylic acid groups (broad SMARTS) is 1. The van der Waals surface area contributed by atoms with E-state index >= 15 is 0 Å². The molecular weight excluding hydrogens is 304 g/mol. The Kier molecular flexibility index (Phi) is 6.71. The molecule has 0 aliphatic rings. The lowest BCUT2D eigenvalue weighted by Gasteiger charge is -2.05. The first kappa shape index (κ1) is 17.4. The van der Waals surface area contributed by atoms with Gasteiger partial charge in [0.15, 0.2) is 0 Å². The van der Waals surface area contributed by atoms with Crippen molar-refractivity contribution in [2.75, 3.05) is 6.61 Å². The van der Waals surface area contributed by atoms with Crippen molar-refractivity contribution in [3.05, 3.63) is 66.7 Å². The zero-order valence-electron chi connectivity index (χ0n) is 13.4. The number of hydrogen-bond donors (Lipinski definition) is 1. The maximum absolute atomic E-state index is 10.8. The number of aromatic carboxylic acids is 1. The van der Waals surface area contributed by atoms with Crippen molar-refractivity contribution >= 4 is 17.3 Å². The average Bonchev–Trinajstić information content (AvgIpc) is 2.61. The molecule has 5 nitrogen and oxygen atoms in total. The molecule has 0 heterocycles. The molecular formula is C19H20N2O3. The fraction of sp³-hybridized carbons (Fsp3) is 0.211. The standard InChI is InChI=1S/C19H20N2O3/c1-2-3-4-5-14-24-18-12-10-17(11-13-18)21-20-16-8-6-15(7-9-16)19(22)23/h2,6-13H,1,3-5,14H2,(H,22,23). The van der Waals surface area contributed by atoms with Crippen LogP contribution in [0.3, 0.4) is 0 Å². The molecule has 0 bridgehead atoms. The minimum atomic E-state index is -0.960. The molecule has 2 rings (SSSR count). The predicted molar refractivity (Wildman–Crippen MR) is 93.6 cm³/mol. The number of allylic oxidation sites excluding steroid dienone is 1. The topological polar surface area (TPSA) is 71.2 Å². The van der Waals surface area contributed by atoms with E-state index in [4.69, 9.17) is 9.84 Å². The molecule has 0 aliphatic carbocycles. The summed E-state index contributed by atoms with van der Waals surface area (Å²) >= 11 is 0. The van der Waals surface area contributed by atoms with E-state index in [1.54, 1.807) is 12.1 Å². The first-order valence-corrected chi connectivity index (χ1v) is 7.78. The molecule has 0 radical (unpaired) electrons. The van der Waals surface area contributed by atoms with Crippen LogP contribution in [-0.4, -0.2) is 17.7 Å². The first-order valence-electron chi connectivity index (χ1n) is 7.78. The normalized spacial score (nSPS) is 10.7. The molecule has 5 heteroatoms. The second-order valence-electron chi connectivity index (χ2n) is 5.18. The number of hydrogen-bond acceptors (Lipinski definition) is 4. The third-order valence-electron chi connectivity index (χ3n) is 3.30. The smallest absolute Gasteiger partial charge is 0.335 e. The number of carboxylic acids is 1. The monoisotopic (exact) mass is 324 g/mol. The second-order valence-corrected chi connectivity index (χ2v) is 5.18. The lowest BCUT2D eigenvalue weighted by Crippen LogP contribution is -1.96. The molecule has 0 unspecified atom stereocenters. The van der Waals surface area contributed by atoms with Crippen LogP contribution >= 0.6 is 0 Å². The molecule has 0 atom stereocenters. The Morgan fingerprint density at radius 2 is 1.58 bits per heavy atom. The fourth-order valence-electron chi connectivity index (χ4n) is 1.98. The molecule has 0 saturated heterocycles. The van der Waals surface area contributed by atoms with Gasteiger partial charge in [0, 0.05) is 0 Å². The molecule has 2 aromatic carbocycles. The molecule has 0 aromatic heterocycles. The van der Waals surface area contributed by atoms with Gasteiger partial charge in [-0.3, -0.25) is 0 Å². The lowest BCUT2D eigenvalue weighted by atomic mass is 10.2. The van der Waals surface area contributed by atoms with Gasteiger partial charge in [-0.1, -0.05) is 6.08 Å². The van der Waals surface area contributed by atoms with E-state index < -0.39 is 5.97 Å².